The Kier molecular flexibility index (Phi) is 3.57. The summed E-state index contributed by atoms with van der Waals surface area (Å²) in [6, 6.07) is 7.43. The fourth-order valence-electron chi connectivity index (χ4n) is 1.69. The van der Waals surface area contributed by atoms with Crippen molar-refractivity contribution in [3.63, 3.8) is 0 Å². The van der Waals surface area contributed by atoms with E-state index in [9.17, 15) is 8.78 Å². The van der Waals surface area contributed by atoms with Gasteiger partial charge in [-0.1, -0.05) is 34.1 Å². The molecule has 2 aromatic rings. The van der Waals surface area contributed by atoms with Crippen molar-refractivity contribution in [2.75, 3.05) is 0 Å². The minimum absolute atomic E-state index is 0.0285. The van der Waals surface area contributed by atoms with Gasteiger partial charge in [-0.2, -0.15) is 5.10 Å². The van der Waals surface area contributed by atoms with Crippen LogP contribution in [0, 0.1) is 0 Å². The number of hydrogen-bond acceptors (Lipinski definition) is 1. The van der Waals surface area contributed by atoms with E-state index in [1.54, 1.807) is 13.1 Å². The molecule has 0 bridgehead atoms. The van der Waals surface area contributed by atoms with Gasteiger partial charge in [0, 0.05) is 24.1 Å². The van der Waals surface area contributed by atoms with Gasteiger partial charge in [-0.05, 0) is 11.6 Å². The number of benzene rings is 1. The molecule has 0 N–H and O–H groups in total. The number of rotatable bonds is 3. The molecule has 0 amide bonds. The molecule has 0 saturated heterocycles. The minimum atomic E-state index is -2.51. The van der Waals surface area contributed by atoms with Crippen LogP contribution < -0.4 is 0 Å². The van der Waals surface area contributed by atoms with Gasteiger partial charge in [-0.3, -0.25) is 4.68 Å². The smallest absolute Gasteiger partial charge is 0.267 e. The molecule has 0 radical (unpaired) electrons. The van der Waals surface area contributed by atoms with Crippen molar-refractivity contribution in [3.8, 4) is 11.3 Å². The third-order valence-corrected chi connectivity index (χ3v) is 3.09. The first-order valence-electron chi connectivity index (χ1n) is 5.08. The second-order valence-corrected chi connectivity index (χ2v) is 4.30. The molecule has 0 saturated carbocycles. The van der Waals surface area contributed by atoms with Crippen molar-refractivity contribution >= 4 is 15.9 Å². The molecular weight excluding hydrogens is 290 g/mol. The summed E-state index contributed by atoms with van der Waals surface area (Å²) >= 11 is 3.34. The highest BCUT2D eigenvalue weighted by Crippen LogP contribution is 2.30. The van der Waals surface area contributed by atoms with Crippen LogP contribution in [0.15, 0.2) is 30.5 Å². The van der Waals surface area contributed by atoms with Gasteiger partial charge in [0.2, 0.25) is 0 Å². The molecule has 2 rings (SSSR count). The minimum Gasteiger partial charge on any atom is -0.275 e. The summed E-state index contributed by atoms with van der Waals surface area (Å²) in [6.45, 7) is 0. The number of hydrogen-bond donors (Lipinski definition) is 0. The Labute approximate surface area is 106 Å². The average Bonchev–Trinajstić information content (AvgIpc) is 2.72. The van der Waals surface area contributed by atoms with Gasteiger partial charge in [-0.25, -0.2) is 8.78 Å². The fourth-order valence-corrected chi connectivity index (χ4v) is 2.04. The lowest BCUT2D eigenvalue weighted by atomic mass is 10.1. The summed E-state index contributed by atoms with van der Waals surface area (Å²) in [7, 11) is 1.64. The molecule has 90 valence electrons. The number of aromatic nitrogens is 2. The van der Waals surface area contributed by atoms with Gasteiger partial charge in [0.05, 0.1) is 5.56 Å². The zero-order valence-electron chi connectivity index (χ0n) is 9.20. The summed E-state index contributed by atoms with van der Waals surface area (Å²) in [4.78, 5) is 0. The lowest BCUT2D eigenvalue weighted by Gasteiger charge is -2.03. The number of alkyl halides is 3. The van der Waals surface area contributed by atoms with E-state index in [1.165, 1.54) is 10.9 Å². The predicted molar refractivity (Wildman–Crippen MR) is 66.2 cm³/mol. The molecule has 17 heavy (non-hydrogen) atoms. The van der Waals surface area contributed by atoms with Crippen LogP contribution in [0.25, 0.3) is 11.3 Å². The van der Waals surface area contributed by atoms with Crippen LogP contribution in [0.3, 0.4) is 0 Å². The largest absolute Gasteiger partial charge is 0.275 e. The van der Waals surface area contributed by atoms with E-state index in [2.05, 4.69) is 21.0 Å². The van der Waals surface area contributed by atoms with E-state index in [1.807, 2.05) is 18.2 Å². The van der Waals surface area contributed by atoms with Crippen molar-refractivity contribution < 1.29 is 8.78 Å². The maximum Gasteiger partial charge on any atom is 0.267 e. The third kappa shape index (κ3) is 2.54. The molecule has 0 spiro atoms. The van der Waals surface area contributed by atoms with Gasteiger partial charge in [0.25, 0.3) is 6.43 Å². The quantitative estimate of drug-likeness (QED) is 0.786. The van der Waals surface area contributed by atoms with E-state index in [4.69, 9.17) is 0 Å². The zero-order chi connectivity index (χ0) is 12.4. The Morgan fingerprint density at radius 2 is 2.18 bits per heavy atom. The van der Waals surface area contributed by atoms with E-state index in [0.29, 0.717) is 11.0 Å². The maximum absolute atomic E-state index is 12.8. The molecule has 1 aromatic carbocycles. The Balaban J connectivity index is 2.51. The normalized spacial score (nSPS) is 11.1. The highest BCUT2D eigenvalue weighted by Gasteiger charge is 2.18. The van der Waals surface area contributed by atoms with Crippen molar-refractivity contribution in [2.45, 2.75) is 11.8 Å². The topological polar surface area (TPSA) is 17.8 Å². The number of nitrogens with zero attached hydrogens (tertiary/aromatic N) is 2. The Morgan fingerprint density at radius 1 is 1.41 bits per heavy atom. The summed E-state index contributed by atoms with van der Waals surface area (Å²) < 4.78 is 27.1. The van der Waals surface area contributed by atoms with Crippen LogP contribution in [0.5, 0.6) is 0 Å². The lowest BCUT2D eigenvalue weighted by Crippen LogP contribution is -1.89. The fraction of sp³-hybridized carbons (Fsp3) is 0.250. The standard InChI is InChI=1S/C12H11BrF2N2/c1-17-7-10(12(14)15)11(16-17)9-4-2-3-8(5-9)6-13/h2-5,7,12H,6H2,1H3. The molecule has 0 aliphatic heterocycles. The average molecular weight is 301 g/mol. The highest BCUT2D eigenvalue weighted by atomic mass is 79.9. The molecule has 0 aliphatic carbocycles. The van der Waals surface area contributed by atoms with E-state index < -0.39 is 6.43 Å². The Bertz CT molecular complexity index is 523. The molecule has 0 aliphatic rings. The maximum atomic E-state index is 12.8. The second-order valence-electron chi connectivity index (χ2n) is 3.74. The molecule has 5 heteroatoms. The van der Waals surface area contributed by atoms with E-state index in [-0.39, 0.29) is 5.56 Å². The summed E-state index contributed by atoms with van der Waals surface area (Å²) in [5.41, 5.74) is 2.08. The number of aryl methyl sites for hydroxylation is 1. The molecule has 2 nitrogen and oxygen atoms in total. The summed E-state index contributed by atoms with van der Waals surface area (Å²) in [5, 5.41) is 4.79. The van der Waals surface area contributed by atoms with E-state index in [0.717, 1.165) is 11.1 Å². The predicted octanol–water partition coefficient (Wildman–Crippen LogP) is 3.92. The van der Waals surface area contributed by atoms with Crippen LogP contribution in [0.1, 0.15) is 17.6 Å². The number of halogens is 3. The third-order valence-electron chi connectivity index (χ3n) is 2.45. The van der Waals surface area contributed by atoms with Gasteiger partial charge in [-0.15, -0.1) is 0 Å². The van der Waals surface area contributed by atoms with Crippen molar-refractivity contribution in [3.05, 3.63) is 41.6 Å². The molecule has 0 unspecified atom stereocenters. The molecule has 0 atom stereocenters. The van der Waals surface area contributed by atoms with Crippen LogP contribution in [0.2, 0.25) is 0 Å². The monoisotopic (exact) mass is 300 g/mol. The first-order valence-corrected chi connectivity index (χ1v) is 6.21. The SMILES string of the molecule is Cn1cc(C(F)F)c(-c2cccc(CBr)c2)n1. The molecular formula is C12H11BrF2N2. The van der Waals surface area contributed by atoms with Crippen LogP contribution in [-0.4, -0.2) is 9.78 Å². The Hall–Kier alpha value is -1.23. The van der Waals surface area contributed by atoms with Crippen molar-refractivity contribution in [1.82, 2.24) is 9.78 Å². The van der Waals surface area contributed by atoms with Gasteiger partial charge in [0.1, 0.15) is 5.69 Å². The first-order chi connectivity index (χ1) is 8.11. The van der Waals surface area contributed by atoms with Gasteiger partial charge in [0.15, 0.2) is 0 Å². The lowest BCUT2D eigenvalue weighted by molar-refractivity contribution is 0.152. The van der Waals surface area contributed by atoms with Crippen LogP contribution >= 0.6 is 15.9 Å². The van der Waals surface area contributed by atoms with Crippen molar-refractivity contribution in [2.24, 2.45) is 7.05 Å². The summed E-state index contributed by atoms with van der Waals surface area (Å²) in [5.74, 6) is 0. The van der Waals surface area contributed by atoms with Crippen LogP contribution in [-0.2, 0) is 12.4 Å². The summed E-state index contributed by atoms with van der Waals surface area (Å²) in [6.07, 6.45) is -1.15. The molecule has 1 aromatic heterocycles. The highest BCUT2D eigenvalue weighted by molar-refractivity contribution is 9.08. The first kappa shape index (κ1) is 12.2. The van der Waals surface area contributed by atoms with Gasteiger partial charge >= 0.3 is 0 Å². The zero-order valence-corrected chi connectivity index (χ0v) is 10.8. The van der Waals surface area contributed by atoms with Crippen LogP contribution in [0.4, 0.5) is 8.78 Å². The van der Waals surface area contributed by atoms with Gasteiger partial charge < -0.3 is 0 Å². The molecule has 0 fully saturated rings. The van der Waals surface area contributed by atoms with Crippen molar-refractivity contribution in [1.29, 1.82) is 0 Å². The Morgan fingerprint density at radius 3 is 2.82 bits per heavy atom. The van der Waals surface area contributed by atoms with E-state index >= 15 is 0 Å². The second kappa shape index (κ2) is 4.96. The molecule has 1 heterocycles.